The van der Waals surface area contributed by atoms with E-state index in [-0.39, 0.29) is 11.2 Å². The van der Waals surface area contributed by atoms with Gasteiger partial charge in [-0.2, -0.15) is 0 Å². The van der Waals surface area contributed by atoms with Gasteiger partial charge in [0.1, 0.15) is 0 Å². The highest BCUT2D eigenvalue weighted by Crippen LogP contribution is 2.68. The van der Waals surface area contributed by atoms with Crippen LogP contribution in [0.15, 0.2) is 35.9 Å². The van der Waals surface area contributed by atoms with Gasteiger partial charge in [-0.3, -0.25) is 4.79 Å². The number of thioether (sulfide) groups is 1. The molecule has 21 heavy (non-hydrogen) atoms. The lowest BCUT2D eigenvalue weighted by Crippen LogP contribution is -2.43. The van der Waals surface area contributed by atoms with E-state index < -0.39 is 9.87 Å². The molecule has 2 atom stereocenters. The molecular weight excluding hydrogens is 284 g/mol. The molecule has 4 rings (SSSR count). The topological polar surface area (TPSA) is 35.5 Å². The lowest BCUT2D eigenvalue weighted by Gasteiger charge is -2.40. The fourth-order valence-corrected chi connectivity index (χ4v) is 5.70. The van der Waals surface area contributed by atoms with Gasteiger partial charge in [0.05, 0.1) is 0 Å². The minimum Gasteiger partial charge on any atom is -0.294 e. The molecule has 0 aromatic heterocycles. The number of carbonyl (C=O) groups is 1. The maximum atomic E-state index is 12.8. The standard InChI is InChI=1S/C17H18O3S/c1-15(2)9-12(18)14-13(11-7-5-4-6-8-11)16(3)19-20-17(14,10-15)21-16/h4-8H,9-10H2,1-3H3/t16-,17+/m1/s1. The molecule has 1 aliphatic carbocycles. The van der Waals surface area contributed by atoms with E-state index in [0.29, 0.717) is 6.42 Å². The van der Waals surface area contributed by atoms with Gasteiger partial charge in [-0.25, -0.2) is 9.78 Å². The van der Waals surface area contributed by atoms with E-state index >= 15 is 0 Å². The van der Waals surface area contributed by atoms with E-state index in [1.165, 1.54) is 0 Å². The van der Waals surface area contributed by atoms with E-state index in [0.717, 1.165) is 23.1 Å². The van der Waals surface area contributed by atoms with Crippen molar-refractivity contribution in [2.45, 2.75) is 43.5 Å². The van der Waals surface area contributed by atoms with Crippen LogP contribution in [0.25, 0.3) is 5.57 Å². The highest BCUT2D eigenvalue weighted by Gasteiger charge is 2.67. The van der Waals surface area contributed by atoms with Crippen LogP contribution in [0, 0.1) is 5.41 Å². The quantitative estimate of drug-likeness (QED) is 0.736. The number of carbonyl (C=O) groups excluding carboxylic acids is 1. The zero-order valence-corrected chi connectivity index (χ0v) is 13.3. The highest BCUT2D eigenvalue weighted by atomic mass is 32.2. The van der Waals surface area contributed by atoms with E-state index in [2.05, 4.69) is 13.8 Å². The SMILES string of the molecule is CC1(C)CC(=O)C2=C(c3ccccc3)[C@]3(C)OO[C@@]2(C1)S3. The van der Waals surface area contributed by atoms with Crippen LogP contribution in [-0.2, 0) is 14.6 Å². The summed E-state index contributed by atoms with van der Waals surface area (Å²) in [5, 5.41) is 0. The van der Waals surface area contributed by atoms with E-state index in [9.17, 15) is 4.79 Å². The number of ketones is 1. The van der Waals surface area contributed by atoms with Crippen LogP contribution in [0.5, 0.6) is 0 Å². The third kappa shape index (κ3) is 1.79. The molecule has 2 fully saturated rings. The van der Waals surface area contributed by atoms with Crippen molar-refractivity contribution in [2.24, 2.45) is 5.41 Å². The van der Waals surface area contributed by atoms with E-state index in [1.807, 2.05) is 37.3 Å². The number of Topliss-reactive ketones (excluding diaryl/α,β-unsaturated/α-hetero) is 1. The lowest BCUT2D eigenvalue weighted by atomic mass is 9.70. The van der Waals surface area contributed by atoms with Crippen molar-refractivity contribution < 1.29 is 14.6 Å². The molecule has 4 heteroatoms. The molecule has 0 N–H and O–H groups in total. The number of hydrogen-bond donors (Lipinski definition) is 0. The first kappa shape index (κ1) is 13.6. The van der Waals surface area contributed by atoms with Crippen LogP contribution in [-0.4, -0.2) is 15.6 Å². The van der Waals surface area contributed by atoms with Gasteiger partial charge in [0.15, 0.2) is 15.6 Å². The molecule has 0 unspecified atom stereocenters. The van der Waals surface area contributed by atoms with Gasteiger partial charge in [0.25, 0.3) is 0 Å². The summed E-state index contributed by atoms with van der Waals surface area (Å²) in [5.41, 5.74) is 2.82. The Morgan fingerprint density at radius 1 is 1.05 bits per heavy atom. The van der Waals surface area contributed by atoms with E-state index in [4.69, 9.17) is 9.78 Å². The van der Waals surface area contributed by atoms with Crippen LogP contribution in [0.3, 0.4) is 0 Å². The maximum Gasteiger partial charge on any atom is 0.181 e. The number of fused-ring (bicyclic) bond motifs is 1. The normalized spacial score (nSPS) is 37.0. The summed E-state index contributed by atoms with van der Waals surface area (Å²) in [6.07, 6.45) is 1.37. The van der Waals surface area contributed by atoms with Crippen LogP contribution >= 0.6 is 11.8 Å². The Morgan fingerprint density at radius 3 is 2.48 bits per heavy atom. The second-order valence-corrected chi connectivity index (χ2v) is 8.67. The first-order chi connectivity index (χ1) is 9.85. The summed E-state index contributed by atoms with van der Waals surface area (Å²) in [5.74, 6) is 0.199. The summed E-state index contributed by atoms with van der Waals surface area (Å²) >= 11 is 1.63. The molecule has 2 heterocycles. The van der Waals surface area contributed by atoms with Gasteiger partial charge in [0, 0.05) is 17.6 Å². The Morgan fingerprint density at radius 2 is 1.76 bits per heavy atom. The van der Waals surface area contributed by atoms with Crippen LogP contribution in [0.2, 0.25) is 0 Å². The van der Waals surface area contributed by atoms with Gasteiger partial charge in [-0.05, 0) is 24.3 Å². The third-order valence-corrected chi connectivity index (χ3v) is 5.88. The smallest absolute Gasteiger partial charge is 0.181 e. The molecule has 0 radical (unpaired) electrons. The van der Waals surface area contributed by atoms with E-state index in [1.54, 1.807) is 11.8 Å². The van der Waals surface area contributed by atoms with Crippen LogP contribution in [0.4, 0.5) is 0 Å². The molecule has 0 amide bonds. The minimum absolute atomic E-state index is 0.0612. The lowest BCUT2D eigenvalue weighted by molar-refractivity contribution is -0.340. The monoisotopic (exact) mass is 302 g/mol. The van der Waals surface area contributed by atoms with Crippen molar-refractivity contribution in [2.75, 3.05) is 0 Å². The average Bonchev–Trinajstić information content (AvgIpc) is 2.85. The van der Waals surface area contributed by atoms with Crippen molar-refractivity contribution in [3.63, 3.8) is 0 Å². The molecule has 1 aromatic rings. The van der Waals surface area contributed by atoms with Crippen LogP contribution < -0.4 is 0 Å². The molecule has 1 saturated heterocycles. The predicted octanol–water partition coefficient (Wildman–Crippen LogP) is 3.95. The molecule has 1 saturated carbocycles. The fourth-order valence-electron chi connectivity index (χ4n) is 3.83. The van der Waals surface area contributed by atoms with Gasteiger partial charge in [0.2, 0.25) is 0 Å². The Hall–Kier alpha value is -1.10. The first-order valence-electron chi connectivity index (χ1n) is 7.26. The number of benzene rings is 1. The predicted molar refractivity (Wildman–Crippen MR) is 82.3 cm³/mol. The first-order valence-corrected chi connectivity index (χ1v) is 8.08. The largest absolute Gasteiger partial charge is 0.294 e. The Labute approximate surface area is 128 Å². The summed E-state index contributed by atoms with van der Waals surface area (Å²) in [7, 11) is 0. The maximum absolute atomic E-state index is 12.8. The average molecular weight is 302 g/mol. The van der Waals surface area contributed by atoms with Crippen molar-refractivity contribution in [3.8, 4) is 0 Å². The zero-order chi connectivity index (χ0) is 14.9. The molecule has 110 valence electrons. The number of hydrogen-bond acceptors (Lipinski definition) is 4. The molecule has 1 aromatic carbocycles. The molecular formula is C17H18O3S. The molecule has 3 nitrogen and oxygen atoms in total. The summed E-state index contributed by atoms with van der Waals surface area (Å²) in [6, 6.07) is 10.1. The van der Waals surface area contributed by atoms with Crippen molar-refractivity contribution in [3.05, 3.63) is 41.5 Å². The van der Waals surface area contributed by atoms with Crippen molar-refractivity contribution >= 4 is 23.1 Å². The Kier molecular flexibility index (Phi) is 2.58. The van der Waals surface area contributed by atoms with Crippen molar-refractivity contribution in [1.29, 1.82) is 0 Å². The molecule has 3 aliphatic rings. The molecule has 1 spiro atoms. The Bertz CT molecular complexity index is 664. The second kappa shape index (κ2) is 4.00. The zero-order valence-electron chi connectivity index (χ0n) is 12.4. The number of rotatable bonds is 1. The van der Waals surface area contributed by atoms with Gasteiger partial charge in [-0.15, -0.1) is 0 Å². The van der Waals surface area contributed by atoms with Gasteiger partial charge < -0.3 is 0 Å². The van der Waals surface area contributed by atoms with Gasteiger partial charge >= 0.3 is 0 Å². The minimum atomic E-state index is -0.626. The summed E-state index contributed by atoms with van der Waals surface area (Å²) < 4.78 is 0. The highest BCUT2D eigenvalue weighted by molar-refractivity contribution is 8.03. The summed E-state index contributed by atoms with van der Waals surface area (Å²) in [6.45, 7) is 6.24. The summed E-state index contributed by atoms with van der Waals surface area (Å²) in [4.78, 5) is 22.9. The third-order valence-electron chi connectivity index (χ3n) is 4.47. The van der Waals surface area contributed by atoms with Crippen LogP contribution in [0.1, 0.15) is 39.2 Å². The van der Waals surface area contributed by atoms with Crippen molar-refractivity contribution in [1.82, 2.24) is 0 Å². The van der Waals surface area contributed by atoms with Gasteiger partial charge in [-0.1, -0.05) is 55.9 Å². The fraction of sp³-hybridized carbons (Fsp3) is 0.471. The molecule has 2 bridgehead atoms. The second-order valence-electron chi connectivity index (χ2n) is 7.02. The molecule has 2 aliphatic heterocycles. The Balaban J connectivity index is 1.95.